The minimum Gasteiger partial charge on any atom is -0.508 e. The van der Waals surface area contributed by atoms with Gasteiger partial charge in [-0.25, -0.2) is 0 Å². The Morgan fingerprint density at radius 3 is 2.47 bits per heavy atom. The van der Waals surface area contributed by atoms with Crippen LogP contribution >= 0.6 is 0 Å². The van der Waals surface area contributed by atoms with Gasteiger partial charge >= 0.3 is 5.97 Å². The van der Waals surface area contributed by atoms with Crippen LogP contribution < -0.4 is 0 Å². The van der Waals surface area contributed by atoms with Crippen LogP contribution in [0.2, 0.25) is 0 Å². The van der Waals surface area contributed by atoms with Crippen LogP contribution in [0.25, 0.3) is 0 Å². The number of aliphatic hydroxyl groups excluding tert-OH is 1. The average molecular weight is 264 g/mol. The van der Waals surface area contributed by atoms with Gasteiger partial charge in [0.05, 0.1) is 18.6 Å². The quantitative estimate of drug-likeness (QED) is 0.823. The minimum absolute atomic E-state index is 0.0175. The summed E-state index contributed by atoms with van der Waals surface area (Å²) in [6, 6.07) is 6.61. The lowest BCUT2D eigenvalue weighted by Crippen LogP contribution is -2.40. The standard InChI is InChI=1S/C15H20O4/c1-19-14(18)15(9-5-2-6-10-15)13(17)11-7-3-4-8-12(11)16/h3-4,7-8,13,16-17H,2,5-6,9-10H2,1H3/t13-/m1/s1. The van der Waals surface area contributed by atoms with E-state index in [9.17, 15) is 15.0 Å². The van der Waals surface area contributed by atoms with E-state index in [2.05, 4.69) is 0 Å². The number of carbonyl (C=O) groups excluding carboxylic acids is 1. The van der Waals surface area contributed by atoms with E-state index in [1.165, 1.54) is 13.2 Å². The summed E-state index contributed by atoms with van der Waals surface area (Å²) in [5, 5.41) is 20.5. The predicted octanol–water partition coefficient (Wildman–Crippen LogP) is 2.55. The highest BCUT2D eigenvalue weighted by molar-refractivity contribution is 5.78. The van der Waals surface area contributed by atoms with Gasteiger partial charge in [0.25, 0.3) is 0 Å². The first-order chi connectivity index (χ1) is 9.12. The molecule has 4 nitrogen and oxygen atoms in total. The molecule has 0 amide bonds. The number of phenols is 1. The molecule has 0 radical (unpaired) electrons. The highest BCUT2D eigenvalue weighted by atomic mass is 16.5. The van der Waals surface area contributed by atoms with Gasteiger partial charge in [-0.1, -0.05) is 37.5 Å². The van der Waals surface area contributed by atoms with Gasteiger partial charge in [0, 0.05) is 5.56 Å². The zero-order chi connectivity index (χ0) is 13.9. The van der Waals surface area contributed by atoms with Crippen LogP contribution in [0.4, 0.5) is 0 Å². The van der Waals surface area contributed by atoms with Gasteiger partial charge in [-0.05, 0) is 18.9 Å². The van der Waals surface area contributed by atoms with Crippen molar-refractivity contribution in [2.45, 2.75) is 38.2 Å². The van der Waals surface area contributed by atoms with E-state index in [0.717, 1.165) is 19.3 Å². The minimum atomic E-state index is -1.03. The molecule has 0 spiro atoms. The Morgan fingerprint density at radius 2 is 1.89 bits per heavy atom. The van der Waals surface area contributed by atoms with Crippen LogP contribution in [-0.2, 0) is 9.53 Å². The number of rotatable bonds is 3. The summed E-state index contributed by atoms with van der Waals surface area (Å²) in [5.41, 5.74) is -0.527. The summed E-state index contributed by atoms with van der Waals surface area (Å²) in [5.74, 6) is -0.369. The van der Waals surface area contributed by atoms with Crippen molar-refractivity contribution >= 4 is 5.97 Å². The maximum atomic E-state index is 12.2. The van der Waals surface area contributed by atoms with Crippen LogP contribution in [0.15, 0.2) is 24.3 Å². The molecule has 0 saturated heterocycles. The van der Waals surface area contributed by atoms with Crippen LogP contribution in [0, 0.1) is 5.41 Å². The van der Waals surface area contributed by atoms with E-state index < -0.39 is 11.5 Å². The largest absolute Gasteiger partial charge is 0.508 e. The SMILES string of the molecule is COC(=O)C1([C@H](O)c2ccccc2O)CCCCC1. The molecular weight excluding hydrogens is 244 g/mol. The first-order valence-corrected chi connectivity index (χ1v) is 6.66. The molecule has 0 heterocycles. The highest BCUT2D eigenvalue weighted by Gasteiger charge is 2.48. The maximum absolute atomic E-state index is 12.2. The zero-order valence-corrected chi connectivity index (χ0v) is 11.1. The Kier molecular flexibility index (Phi) is 4.10. The zero-order valence-electron chi connectivity index (χ0n) is 11.1. The number of aromatic hydroxyl groups is 1. The van der Waals surface area contributed by atoms with Crippen molar-refractivity contribution in [3.63, 3.8) is 0 Å². The van der Waals surface area contributed by atoms with E-state index >= 15 is 0 Å². The van der Waals surface area contributed by atoms with Gasteiger partial charge in [0.15, 0.2) is 0 Å². The van der Waals surface area contributed by atoms with Crippen molar-refractivity contribution in [3.8, 4) is 5.75 Å². The Balaban J connectivity index is 2.38. The molecule has 1 aliphatic carbocycles. The summed E-state index contributed by atoms with van der Waals surface area (Å²) in [7, 11) is 1.34. The molecule has 0 bridgehead atoms. The Morgan fingerprint density at radius 1 is 1.26 bits per heavy atom. The van der Waals surface area contributed by atoms with E-state index in [-0.39, 0.29) is 11.7 Å². The molecule has 1 aliphatic rings. The van der Waals surface area contributed by atoms with Gasteiger partial charge in [-0.2, -0.15) is 0 Å². The van der Waals surface area contributed by atoms with E-state index in [0.29, 0.717) is 18.4 Å². The number of ether oxygens (including phenoxy) is 1. The summed E-state index contributed by atoms with van der Waals surface area (Å²) >= 11 is 0. The molecular formula is C15H20O4. The summed E-state index contributed by atoms with van der Waals surface area (Å²) < 4.78 is 4.89. The number of carbonyl (C=O) groups is 1. The highest BCUT2D eigenvalue weighted by Crippen LogP contribution is 2.48. The molecule has 1 saturated carbocycles. The molecule has 0 aliphatic heterocycles. The third-order valence-electron chi connectivity index (χ3n) is 4.09. The monoisotopic (exact) mass is 264 g/mol. The Hall–Kier alpha value is -1.55. The van der Waals surface area contributed by atoms with E-state index in [4.69, 9.17) is 4.74 Å². The second kappa shape index (κ2) is 5.61. The lowest BCUT2D eigenvalue weighted by atomic mass is 9.68. The van der Waals surface area contributed by atoms with Crippen LogP contribution in [0.3, 0.4) is 0 Å². The van der Waals surface area contributed by atoms with Crippen LogP contribution in [-0.4, -0.2) is 23.3 Å². The van der Waals surface area contributed by atoms with Gasteiger partial charge in [-0.15, -0.1) is 0 Å². The molecule has 104 valence electrons. The molecule has 0 unspecified atom stereocenters. The number of aliphatic hydroxyl groups is 1. The summed E-state index contributed by atoms with van der Waals surface area (Å²) in [6.45, 7) is 0. The number of para-hydroxylation sites is 1. The molecule has 4 heteroatoms. The second-order valence-corrected chi connectivity index (χ2v) is 5.17. The van der Waals surface area contributed by atoms with Gasteiger partial charge in [-0.3, -0.25) is 4.79 Å². The van der Waals surface area contributed by atoms with Gasteiger partial charge < -0.3 is 14.9 Å². The third kappa shape index (κ3) is 2.45. The van der Waals surface area contributed by atoms with Crippen LogP contribution in [0.1, 0.15) is 43.8 Å². The third-order valence-corrected chi connectivity index (χ3v) is 4.09. The first-order valence-electron chi connectivity index (χ1n) is 6.66. The Bertz CT molecular complexity index is 449. The first kappa shape index (κ1) is 13.9. The van der Waals surface area contributed by atoms with Crippen molar-refractivity contribution in [3.05, 3.63) is 29.8 Å². The van der Waals surface area contributed by atoms with E-state index in [1.807, 2.05) is 0 Å². The predicted molar refractivity (Wildman–Crippen MR) is 70.6 cm³/mol. The molecule has 1 aromatic rings. The molecule has 19 heavy (non-hydrogen) atoms. The van der Waals surface area contributed by atoms with Crippen molar-refractivity contribution in [1.29, 1.82) is 0 Å². The summed E-state index contributed by atoms with van der Waals surface area (Å²) in [6.07, 6.45) is 3.00. The van der Waals surface area contributed by atoms with Crippen LogP contribution in [0.5, 0.6) is 5.75 Å². The van der Waals surface area contributed by atoms with E-state index in [1.54, 1.807) is 18.2 Å². The fraction of sp³-hybridized carbons (Fsp3) is 0.533. The number of hydrogen-bond donors (Lipinski definition) is 2. The topological polar surface area (TPSA) is 66.8 Å². The van der Waals surface area contributed by atoms with Gasteiger partial charge in [0.1, 0.15) is 5.75 Å². The molecule has 0 aromatic heterocycles. The molecule has 1 aromatic carbocycles. The number of benzene rings is 1. The lowest BCUT2D eigenvalue weighted by Gasteiger charge is -2.38. The van der Waals surface area contributed by atoms with Gasteiger partial charge in [0.2, 0.25) is 0 Å². The molecule has 2 rings (SSSR count). The van der Waals surface area contributed by atoms with Crippen molar-refractivity contribution in [2.75, 3.05) is 7.11 Å². The molecule has 1 atom stereocenters. The average Bonchev–Trinajstić information content (AvgIpc) is 2.47. The molecule has 1 fully saturated rings. The molecule has 2 N–H and O–H groups in total. The maximum Gasteiger partial charge on any atom is 0.314 e. The van der Waals surface area contributed by atoms with Crippen molar-refractivity contribution < 1.29 is 19.7 Å². The fourth-order valence-electron chi connectivity index (χ4n) is 2.99. The normalized spacial score (nSPS) is 19.7. The second-order valence-electron chi connectivity index (χ2n) is 5.17. The van der Waals surface area contributed by atoms with Crippen molar-refractivity contribution in [2.24, 2.45) is 5.41 Å². The number of methoxy groups -OCH3 is 1. The number of phenolic OH excluding ortho intramolecular Hbond substituents is 1. The number of hydrogen-bond acceptors (Lipinski definition) is 4. The smallest absolute Gasteiger partial charge is 0.314 e. The lowest BCUT2D eigenvalue weighted by molar-refractivity contribution is -0.164. The number of esters is 1. The Labute approximate surface area is 113 Å². The summed E-state index contributed by atoms with van der Waals surface area (Å²) in [4.78, 5) is 12.2. The fourth-order valence-corrected chi connectivity index (χ4v) is 2.99. The van der Waals surface area contributed by atoms with Crippen molar-refractivity contribution in [1.82, 2.24) is 0 Å².